The van der Waals surface area contributed by atoms with E-state index in [0.717, 1.165) is 40.1 Å². The molecule has 6 heteroatoms. The van der Waals surface area contributed by atoms with Crippen LogP contribution in [0.3, 0.4) is 0 Å². The zero-order valence-corrected chi connectivity index (χ0v) is 15.8. The highest BCUT2D eigenvalue weighted by atomic mass is 32.1. The van der Waals surface area contributed by atoms with Gasteiger partial charge in [-0.1, -0.05) is 30.3 Å². The van der Waals surface area contributed by atoms with Gasteiger partial charge in [0.25, 0.3) is 5.91 Å². The number of nitrogens with zero attached hydrogens (tertiary/aromatic N) is 2. The van der Waals surface area contributed by atoms with E-state index in [2.05, 4.69) is 22.4 Å². The molecule has 1 N–H and O–H groups in total. The lowest BCUT2D eigenvalue weighted by Gasteiger charge is -2.23. The topological polar surface area (TPSA) is 62.3 Å². The van der Waals surface area contributed by atoms with Gasteiger partial charge in [0.15, 0.2) is 0 Å². The number of fused-ring (bicyclic) bond motifs is 2. The smallest absolute Gasteiger partial charge is 0.319 e. The van der Waals surface area contributed by atoms with Crippen molar-refractivity contribution in [1.29, 1.82) is 0 Å². The summed E-state index contributed by atoms with van der Waals surface area (Å²) in [7, 11) is 0. The fourth-order valence-corrected chi connectivity index (χ4v) is 5.00. The van der Waals surface area contributed by atoms with E-state index in [9.17, 15) is 9.59 Å². The number of hydrogen-bond acceptors (Lipinski definition) is 4. The molecule has 1 fully saturated rings. The minimum atomic E-state index is -1.02. The highest BCUT2D eigenvalue weighted by Crippen LogP contribution is 2.34. The number of nitrogens with one attached hydrogen (secondary N) is 1. The Morgan fingerprint density at radius 2 is 1.96 bits per heavy atom. The molecular weight excluding hydrogens is 358 g/mol. The third kappa shape index (κ3) is 2.55. The quantitative estimate of drug-likeness (QED) is 0.707. The molecule has 1 saturated heterocycles. The largest absolute Gasteiger partial charge is 0.325 e. The maximum Gasteiger partial charge on any atom is 0.325 e. The van der Waals surface area contributed by atoms with Crippen molar-refractivity contribution < 1.29 is 9.59 Å². The van der Waals surface area contributed by atoms with Gasteiger partial charge in [0.05, 0.1) is 16.8 Å². The van der Waals surface area contributed by atoms with Crippen LogP contribution in [-0.2, 0) is 29.7 Å². The number of imide groups is 1. The van der Waals surface area contributed by atoms with Crippen LogP contribution in [0.5, 0.6) is 0 Å². The summed E-state index contributed by atoms with van der Waals surface area (Å²) in [5, 5.41) is 3.67. The Kier molecular flexibility index (Phi) is 3.59. The minimum absolute atomic E-state index is 0.199. The summed E-state index contributed by atoms with van der Waals surface area (Å²) in [5.41, 5.74) is 3.37. The van der Waals surface area contributed by atoms with Crippen LogP contribution in [0.1, 0.15) is 35.0 Å². The molecule has 0 radical (unpaired) electrons. The molecule has 0 spiro atoms. The number of rotatable bonds is 3. The van der Waals surface area contributed by atoms with Gasteiger partial charge in [-0.3, -0.25) is 9.69 Å². The number of thiazole rings is 1. The van der Waals surface area contributed by atoms with E-state index in [1.54, 1.807) is 6.92 Å². The molecule has 3 amide bonds. The van der Waals surface area contributed by atoms with Gasteiger partial charge in [-0.05, 0) is 55.0 Å². The standard InChI is InChI=1S/C21H19N3O2S/c1-21(15-10-9-13-5-4-6-14(13)11-15)19(25)24(20(26)23-21)12-18-22-16-7-2-3-8-17(16)27-18/h2-3,7-11H,4-6,12H2,1H3,(H,23,26). The van der Waals surface area contributed by atoms with Crippen LogP contribution >= 0.6 is 11.3 Å². The molecule has 1 unspecified atom stereocenters. The van der Waals surface area contributed by atoms with E-state index in [1.807, 2.05) is 30.3 Å². The maximum atomic E-state index is 13.2. The summed E-state index contributed by atoms with van der Waals surface area (Å²) in [6.45, 7) is 1.99. The predicted molar refractivity (Wildman–Crippen MR) is 105 cm³/mol. The van der Waals surface area contributed by atoms with Crippen LogP contribution in [0.15, 0.2) is 42.5 Å². The summed E-state index contributed by atoms with van der Waals surface area (Å²) >= 11 is 1.52. The molecule has 1 aliphatic carbocycles. The third-order valence-corrected chi connectivity index (χ3v) is 6.60. The average Bonchev–Trinajstić information content (AvgIpc) is 3.34. The zero-order chi connectivity index (χ0) is 18.6. The second-order valence-electron chi connectivity index (χ2n) is 7.36. The summed E-state index contributed by atoms with van der Waals surface area (Å²) in [6, 6.07) is 13.6. The van der Waals surface area contributed by atoms with Gasteiger partial charge < -0.3 is 5.32 Å². The predicted octanol–water partition coefficient (Wildman–Crippen LogP) is 3.75. The Labute approximate surface area is 161 Å². The SMILES string of the molecule is CC1(c2ccc3c(c2)CCC3)NC(=O)N(Cc2nc3ccccc3s2)C1=O. The molecule has 2 aromatic carbocycles. The molecule has 3 aromatic rings. The van der Waals surface area contributed by atoms with Gasteiger partial charge in [-0.25, -0.2) is 9.78 Å². The molecule has 27 heavy (non-hydrogen) atoms. The Morgan fingerprint density at radius 1 is 1.15 bits per heavy atom. The fraction of sp³-hybridized carbons (Fsp3) is 0.286. The number of hydrogen-bond donors (Lipinski definition) is 1. The Balaban J connectivity index is 1.45. The molecule has 0 saturated carbocycles. The number of aromatic nitrogens is 1. The van der Waals surface area contributed by atoms with Crippen LogP contribution in [0.2, 0.25) is 0 Å². The summed E-state index contributed by atoms with van der Waals surface area (Å²) in [5.74, 6) is -0.218. The van der Waals surface area contributed by atoms with Crippen molar-refractivity contribution in [2.24, 2.45) is 0 Å². The number of para-hydroxylation sites is 1. The van der Waals surface area contributed by atoms with E-state index in [0.29, 0.717) is 0 Å². The molecular formula is C21H19N3O2S. The normalized spacial score (nSPS) is 21.7. The van der Waals surface area contributed by atoms with Crippen molar-refractivity contribution in [3.63, 3.8) is 0 Å². The molecule has 2 aliphatic rings. The van der Waals surface area contributed by atoms with Gasteiger partial charge >= 0.3 is 6.03 Å². The maximum absolute atomic E-state index is 13.2. The highest BCUT2D eigenvalue weighted by Gasteiger charge is 2.49. The van der Waals surface area contributed by atoms with Crippen LogP contribution in [0.25, 0.3) is 10.2 Å². The van der Waals surface area contributed by atoms with Crippen LogP contribution in [-0.4, -0.2) is 21.8 Å². The zero-order valence-electron chi connectivity index (χ0n) is 15.0. The van der Waals surface area contributed by atoms with E-state index in [-0.39, 0.29) is 18.5 Å². The van der Waals surface area contributed by atoms with Gasteiger partial charge in [-0.2, -0.15) is 0 Å². The first-order chi connectivity index (χ1) is 13.0. The number of amides is 3. The molecule has 5 nitrogen and oxygen atoms in total. The first-order valence-electron chi connectivity index (χ1n) is 9.15. The molecule has 1 aliphatic heterocycles. The molecule has 0 bridgehead atoms. The Morgan fingerprint density at radius 3 is 2.81 bits per heavy atom. The summed E-state index contributed by atoms with van der Waals surface area (Å²) in [4.78, 5) is 31.6. The van der Waals surface area contributed by atoms with E-state index in [4.69, 9.17) is 0 Å². The van der Waals surface area contributed by atoms with Gasteiger partial charge in [0, 0.05) is 0 Å². The number of aryl methyl sites for hydroxylation is 2. The van der Waals surface area contributed by atoms with Crippen molar-refractivity contribution in [3.05, 3.63) is 64.2 Å². The van der Waals surface area contributed by atoms with E-state index in [1.165, 1.54) is 27.4 Å². The number of benzene rings is 2. The molecule has 1 aromatic heterocycles. The lowest BCUT2D eigenvalue weighted by Crippen LogP contribution is -2.40. The average molecular weight is 377 g/mol. The van der Waals surface area contributed by atoms with Gasteiger partial charge in [-0.15, -0.1) is 11.3 Å². The molecule has 2 heterocycles. The number of carbonyl (C=O) groups is 2. The minimum Gasteiger partial charge on any atom is -0.319 e. The molecule has 5 rings (SSSR count). The second kappa shape index (κ2) is 5.89. The lowest BCUT2D eigenvalue weighted by molar-refractivity contribution is -0.131. The first-order valence-corrected chi connectivity index (χ1v) is 9.97. The van der Waals surface area contributed by atoms with Gasteiger partial charge in [0.2, 0.25) is 0 Å². The Hall–Kier alpha value is -2.73. The van der Waals surface area contributed by atoms with Crippen LogP contribution < -0.4 is 5.32 Å². The van der Waals surface area contributed by atoms with Gasteiger partial charge in [0.1, 0.15) is 10.5 Å². The molecule has 136 valence electrons. The molecule has 1 atom stereocenters. The summed E-state index contributed by atoms with van der Waals surface area (Å²) in [6.07, 6.45) is 3.28. The van der Waals surface area contributed by atoms with Crippen molar-refractivity contribution in [1.82, 2.24) is 15.2 Å². The van der Waals surface area contributed by atoms with Crippen molar-refractivity contribution in [2.75, 3.05) is 0 Å². The second-order valence-corrected chi connectivity index (χ2v) is 8.47. The Bertz CT molecular complexity index is 1060. The monoisotopic (exact) mass is 377 g/mol. The lowest BCUT2D eigenvalue weighted by atomic mass is 9.90. The van der Waals surface area contributed by atoms with Crippen LogP contribution in [0.4, 0.5) is 4.79 Å². The van der Waals surface area contributed by atoms with E-state index >= 15 is 0 Å². The third-order valence-electron chi connectivity index (χ3n) is 5.58. The number of urea groups is 1. The van der Waals surface area contributed by atoms with Crippen molar-refractivity contribution in [3.8, 4) is 0 Å². The van der Waals surface area contributed by atoms with Crippen LogP contribution in [0, 0.1) is 0 Å². The van der Waals surface area contributed by atoms with E-state index < -0.39 is 5.54 Å². The summed E-state index contributed by atoms with van der Waals surface area (Å²) < 4.78 is 1.06. The first kappa shape index (κ1) is 16.4. The van der Waals surface area contributed by atoms with Crippen molar-refractivity contribution >= 4 is 33.5 Å². The fourth-order valence-electron chi connectivity index (χ4n) is 4.04. The highest BCUT2D eigenvalue weighted by molar-refractivity contribution is 7.18. The van der Waals surface area contributed by atoms with Crippen molar-refractivity contribution in [2.45, 2.75) is 38.3 Å². The number of carbonyl (C=O) groups excluding carboxylic acids is 2.